The smallest absolute Gasteiger partial charge is 0.306 e. The van der Waals surface area contributed by atoms with E-state index in [1.807, 2.05) is 0 Å². The van der Waals surface area contributed by atoms with Crippen LogP contribution in [0.15, 0.2) is 0 Å². The molecule has 2 unspecified atom stereocenters. The quantitative estimate of drug-likeness (QED) is 0.807. The number of nitrogens with one attached hydrogen (secondary N) is 1. The summed E-state index contributed by atoms with van der Waals surface area (Å²) < 4.78 is 5.54. The lowest BCUT2D eigenvalue weighted by Gasteiger charge is -2.31. The Morgan fingerprint density at radius 2 is 2.00 bits per heavy atom. The van der Waals surface area contributed by atoms with Gasteiger partial charge >= 0.3 is 5.97 Å². The average molecular weight is 255 g/mol. The lowest BCUT2D eigenvalue weighted by atomic mass is 9.82. The number of rotatable bonds is 4. The van der Waals surface area contributed by atoms with Crippen molar-refractivity contribution in [3.63, 3.8) is 0 Å². The monoisotopic (exact) mass is 255 g/mol. The fourth-order valence-electron chi connectivity index (χ4n) is 3.13. The van der Waals surface area contributed by atoms with Crippen LogP contribution in [0.2, 0.25) is 0 Å². The minimum Gasteiger partial charge on any atom is -0.481 e. The summed E-state index contributed by atoms with van der Waals surface area (Å²) >= 11 is 0. The normalized spacial score (nSPS) is 37.4. The van der Waals surface area contributed by atoms with Crippen LogP contribution in [0.25, 0.3) is 0 Å². The van der Waals surface area contributed by atoms with Gasteiger partial charge in [0.25, 0.3) is 0 Å². The zero-order chi connectivity index (χ0) is 13.0. The highest BCUT2D eigenvalue weighted by atomic mass is 16.5. The van der Waals surface area contributed by atoms with Crippen molar-refractivity contribution < 1.29 is 14.6 Å². The third kappa shape index (κ3) is 3.95. The maximum atomic E-state index is 10.9. The molecule has 1 saturated carbocycles. The fourth-order valence-corrected chi connectivity index (χ4v) is 3.13. The lowest BCUT2D eigenvalue weighted by Crippen LogP contribution is -2.40. The molecule has 0 radical (unpaired) electrons. The molecule has 0 bridgehead atoms. The molecule has 2 N–H and O–H groups in total. The van der Waals surface area contributed by atoms with Crippen molar-refractivity contribution in [2.24, 2.45) is 11.8 Å². The van der Waals surface area contributed by atoms with Crippen molar-refractivity contribution in [1.29, 1.82) is 0 Å². The Morgan fingerprint density at radius 3 is 2.61 bits per heavy atom. The van der Waals surface area contributed by atoms with Gasteiger partial charge in [0.1, 0.15) is 0 Å². The molecule has 1 heterocycles. The van der Waals surface area contributed by atoms with E-state index in [4.69, 9.17) is 9.84 Å². The summed E-state index contributed by atoms with van der Waals surface area (Å²) in [5.74, 6) is -0.0391. The molecular formula is C14H25NO3. The van der Waals surface area contributed by atoms with Crippen molar-refractivity contribution in [3.05, 3.63) is 0 Å². The second kappa shape index (κ2) is 6.53. The van der Waals surface area contributed by atoms with E-state index in [1.165, 1.54) is 0 Å². The van der Waals surface area contributed by atoms with Gasteiger partial charge in [-0.25, -0.2) is 0 Å². The Labute approximate surface area is 109 Å². The second-order valence-corrected chi connectivity index (χ2v) is 5.87. The number of carbonyl (C=O) groups is 1. The molecule has 0 amide bonds. The third-order valence-corrected chi connectivity index (χ3v) is 4.38. The summed E-state index contributed by atoms with van der Waals surface area (Å²) in [5.41, 5.74) is 0. The van der Waals surface area contributed by atoms with Crippen LogP contribution in [0.5, 0.6) is 0 Å². The molecule has 18 heavy (non-hydrogen) atoms. The van der Waals surface area contributed by atoms with Crippen LogP contribution in [0.1, 0.15) is 45.4 Å². The molecule has 0 spiro atoms. The van der Waals surface area contributed by atoms with E-state index in [-0.39, 0.29) is 5.92 Å². The SMILES string of the molecule is CC1CC(NCC2CCC(C(=O)O)CC2)CCO1. The number of carboxylic acids is 1. The van der Waals surface area contributed by atoms with Gasteiger partial charge in [-0.1, -0.05) is 0 Å². The first-order chi connectivity index (χ1) is 8.65. The Kier molecular flexibility index (Phi) is 5.01. The lowest BCUT2D eigenvalue weighted by molar-refractivity contribution is -0.143. The number of hydrogen-bond acceptors (Lipinski definition) is 3. The zero-order valence-electron chi connectivity index (χ0n) is 11.2. The minimum atomic E-state index is -0.611. The van der Waals surface area contributed by atoms with E-state index in [1.54, 1.807) is 0 Å². The predicted octanol–water partition coefficient (Wildman–Crippen LogP) is 2.03. The summed E-state index contributed by atoms with van der Waals surface area (Å²) in [6.45, 7) is 4.04. The van der Waals surface area contributed by atoms with Gasteiger partial charge in [-0.05, 0) is 57.9 Å². The Hall–Kier alpha value is -0.610. The van der Waals surface area contributed by atoms with Crippen molar-refractivity contribution in [2.45, 2.75) is 57.6 Å². The summed E-state index contributed by atoms with van der Waals surface area (Å²) in [7, 11) is 0. The van der Waals surface area contributed by atoms with Gasteiger partial charge in [0.15, 0.2) is 0 Å². The minimum absolute atomic E-state index is 0.0932. The molecule has 0 aromatic rings. The summed E-state index contributed by atoms with van der Waals surface area (Å²) in [5, 5.41) is 12.6. The van der Waals surface area contributed by atoms with Gasteiger partial charge in [-0.15, -0.1) is 0 Å². The molecule has 1 aliphatic heterocycles. The van der Waals surface area contributed by atoms with E-state index in [0.717, 1.165) is 51.7 Å². The predicted molar refractivity (Wildman–Crippen MR) is 69.5 cm³/mol. The first kappa shape index (κ1) is 13.8. The highest BCUT2D eigenvalue weighted by molar-refractivity contribution is 5.69. The van der Waals surface area contributed by atoms with Crippen LogP contribution in [0.3, 0.4) is 0 Å². The summed E-state index contributed by atoms with van der Waals surface area (Å²) in [6, 6.07) is 0.589. The van der Waals surface area contributed by atoms with Gasteiger partial charge in [0.2, 0.25) is 0 Å². The fraction of sp³-hybridized carbons (Fsp3) is 0.929. The molecule has 0 aromatic heterocycles. The summed E-state index contributed by atoms with van der Waals surface area (Å²) in [4.78, 5) is 10.9. The third-order valence-electron chi connectivity index (χ3n) is 4.38. The van der Waals surface area contributed by atoms with E-state index < -0.39 is 5.97 Å². The van der Waals surface area contributed by atoms with Crippen LogP contribution < -0.4 is 5.32 Å². The molecule has 1 aliphatic carbocycles. The molecule has 4 nitrogen and oxygen atoms in total. The number of aliphatic carboxylic acids is 1. The van der Waals surface area contributed by atoms with Gasteiger partial charge < -0.3 is 15.2 Å². The Morgan fingerprint density at radius 1 is 1.28 bits per heavy atom. The second-order valence-electron chi connectivity index (χ2n) is 5.87. The Balaban J connectivity index is 1.64. The molecule has 4 heteroatoms. The molecule has 1 saturated heterocycles. The highest BCUT2D eigenvalue weighted by Crippen LogP contribution is 2.28. The zero-order valence-corrected chi connectivity index (χ0v) is 11.2. The van der Waals surface area contributed by atoms with Gasteiger partial charge in [-0.3, -0.25) is 4.79 Å². The molecule has 2 atom stereocenters. The molecule has 0 aromatic carbocycles. The van der Waals surface area contributed by atoms with Crippen LogP contribution in [-0.2, 0) is 9.53 Å². The average Bonchev–Trinajstić information content (AvgIpc) is 2.37. The largest absolute Gasteiger partial charge is 0.481 e. The molecule has 2 rings (SSSR count). The summed E-state index contributed by atoms with van der Waals surface area (Å²) in [6.07, 6.45) is 6.40. The first-order valence-electron chi connectivity index (χ1n) is 7.23. The van der Waals surface area contributed by atoms with Gasteiger partial charge in [0.05, 0.1) is 12.0 Å². The maximum absolute atomic E-state index is 10.9. The van der Waals surface area contributed by atoms with E-state index in [0.29, 0.717) is 18.1 Å². The Bertz CT molecular complexity index is 274. The van der Waals surface area contributed by atoms with Crippen molar-refractivity contribution in [1.82, 2.24) is 5.32 Å². The van der Waals surface area contributed by atoms with Gasteiger partial charge in [0, 0.05) is 12.6 Å². The van der Waals surface area contributed by atoms with Crippen LogP contribution in [0.4, 0.5) is 0 Å². The molecule has 2 aliphatic rings. The number of carboxylic acid groups (broad SMARTS) is 1. The number of hydrogen-bond donors (Lipinski definition) is 2. The van der Waals surface area contributed by atoms with Crippen molar-refractivity contribution in [2.75, 3.05) is 13.2 Å². The maximum Gasteiger partial charge on any atom is 0.306 e. The van der Waals surface area contributed by atoms with Crippen LogP contribution in [-0.4, -0.2) is 36.4 Å². The van der Waals surface area contributed by atoms with E-state index in [9.17, 15) is 4.79 Å². The van der Waals surface area contributed by atoms with Crippen molar-refractivity contribution >= 4 is 5.97 Å². The molecule has 2 fully saturated rings. The van der Waals surface area contributed by atoms with Crippen LogP contribution >= 0.6 is 0 Å². The molecular weight excluding hydrogens is 230 g/mol. The highest BCUT2D eigenvalue weighted by Gasteiger charge is 2.26. The topological polar surface area (TPSA) is 58.6 Å². The van der Waals surface area contributed by atoms with Crippen molar-refractivity contribution in [3.8, 4) is 0 Å². The van der Waals surface area contributed by atoms with Crippen LogP contribution in [0, 0.1) is 11.8 Å². The van der Waals surface area contributed by atoms with Gasteiger partial charge in [-0.2, -0.15) is 0 Å². The molecule has 104 valence electrons. The standard InChI is InChI=1S/C14H25NO3/c1-10-8-13(6-7-18-10)15-9-11-2-4-12(5-3-11)14(16)17/h10-13,15H,2-9H2,1H3,(H,16,17). The van der Waals surface area contributed by atoms with E-state index >= 15 is 0 Å². The first-order valence-corrected chi connectivity index (χ1v) is 7.23. The number of ether oxygens (including phenoxy) is 1. The van der Waals surface area contributed by atoms with E-state index in [2.05, 4.69) is 12.2 Å².